The molecule has 0 saturated heterocycles. The summed E-state index contributed by atoms with van der Waals surface area (Å²) in [7, 11) is 3.40. The molecule has 2 aromatic heterocycles. The third-order valence-electron chi connectivity index (χ3n) is 5.98. The number of aromatic nitrogens is 1. The Bertz CT molecular complexity index is 1530. The molecule has 0 atom stereocenters. The van der Waals surface area contributed by atoms with Crippen LogP contribution in [0.25, 0.3) is 33.0 Å². The number of ether oxygens (including phenoxy) is 2. The summed E-state index contributed by atoms with van der Waals surface area (Å²) in [6, 6.07) is 23.5. The lowest BCUT2D eigenvalue weighted by Gasteiger charge is -2.12. The molecule has 0 amide bonds. The monoisotopic (exact) mass is 454 g/mol. The molecular weight excluding hydrogens is 428 g/mol. The Kier molecular flexibility index (Phi) is 5.72. The van der Waals surface area contributed by atoms with Crippen molar-refractivity contribution < 1.29 is 13.9 Å². The van der Waals surface area contributed by atoms with Crippen molar-refractivity contribution >= 4 is 27.8 Å². The number of nitrogens with zero attached hydrogens (tertiary/aromatic N) is 1. The fraction of sp³-hybridized carbons (Fsp3) is 0.179. The summed E-state index contributed by atoms with van der Waals surface area (Å²) in [4.78, 5) is 13.6. The van der Waals surface area contributed by atoms with Gasteiger partial charge in [0.1, 0.15) is 0 Å². The normalized spacial score (nSPS) is 11.1. The summed E-state index contributed by atoms with van der Waals surface area (Å²) in [5.74, 6) is 1.79. The number of hydrogen-bond acceptors (Lipinski definition) is 5. The van der Waals surface area contributed by atoms with Crippen molar-refractivity contribution in [2.75, 3.05) is 19.0 Å². The van der Waals surface area contributed by atoms with Gasteiger partial charge in [0.2, 0.25) is 5.88 Å². The maximum atomic E-state index is 13.6. The fourth-order valence-electron chi connectivity index (χ4n) is 4.34. The second-order valence-corrected chi connectivity index (χ2v) is 8.03. The molecule has 0 aliphatic rings. The summed E-state index contributed by atoms with van der Waals surface area (Å²) >= 11 is 0. The topological polar surface area (TPSA) is 65.6 Å². The molecule has 0 aliphatic carbocycles. The fourth-order valence-corrected chi connectivity index (χ4v) is 4.34. The van der Waals surface area contributed by atoms with Crippen LogP contribution >= 0.6 is 0 Å². The van der Waals surface area contributed by atoms with Crippen LogP contribution in [0.15, 0.2) is 82.0 Å². The Morgan fingerprint density at radius 1 is 0.971 bits per heavy atom. The van der Waals surface area contributed by atoms with E-state index in [9.17, 15) is 4.79 Å². The van der Waals surface area contributed by atoms with Crippen molar-refractivity contribution in [3.63, 3.8) is 0 Å². The molecule has 0 spiro atoms. The first-order valence-corrected chi connectivity index (χ1v) is 11.3. The van der Waals surface area contributed by atoms with Crippen molar-refractivity contribution in [3.8, 4) is 22.6 Å². The van der Waals surface area contributed by atoms with E-state index in [0.717, 1.165) is 22.0 Å². The first-order valence-electron chi connectivity index (χ1n) is 11.3. The van der Waals surface area contributed by atoms with E-state index in [0.29, 0.717) is 47.1 Å². The number of rotatable bonds is 7. The zero-order chi connectivity index (χ0) is 23.7. The SMILES string of the molecule is CCOc1ccc(-c2c(NCc3ccccc3)oc3c2c(=O)n(C)c2ccccc32)cc1OC. The minimum atomic E-state index is -0.118. The third-order valence-corrected chi connectivity index (χ3v) is 5.98. The number of aryl methyl sites for hydroxylation is 1. The first-order chi connectivity index (χ1) is 16.6. The van der Waals surface area contributed by atoms with E-state index >= 15 is 0 Å². The van der Waals surface area contributed by atoms with Crippen molar-refractivity contribution in [1.82, 2.24) is 4.57 Å². The number of pyridine rings is 1. The average molecular weight is 455 g/mol. The largest absolute Gasteiger partial charge is 0.493 e. The number of anilines is 1. The molecule has 0 saturated carbocycles. The van der Waals surface area contributed by atoms with Gasteiger partial charge in [-0.1, -0.05) is 48.5 Å². The van der Waals surface area contributed by atoms with E-state index in [1.165, 1.54) is 0 Å². The quantitative estimate of drug-likeness (QED) is 0.328. The van der Waals surface area contributed by atoms with Gasteiger partial charge in [-0.05, 0) is 42.3 Å². The summed E-state index contributed by atoms with van der Waals surface area (Å²) in [6.45, 7) is 3.01. The molecule has 2 heterocycles. The van der Waals surface area contributed by atoms with Gasteiger partial charge < -0.3 is 23.8 Å². The Labute approximate surface area is 197 Å². The zero-order valence-electron chi connectivity index (χ0n) is 19.4. The lowest BCUT2D eigenvalue weighted by atomic mass is 10.0. The Hall–Kier alpha value is -4.19. The van der Waals surface area contributed by atoms with Gasteiger partial charge >= 0.3 is 0 Å². The van der Waals surface area contributed by atoms with Crippen molar-refractivity contribution in [3.05, 3.63) is 88.7 Å². The van der Waals surface area contributed by atoms with Gasteiger partial charge in [-0.25, -0.2) is 0 Å². The summed E-state index contributed by atoms with van der Waals surface area (Å²) in [5, 5.41) is 4.83. The van der Waals surface area contributed by atoms with Gasteiger partial charge in [0.05, 0.1) is 30.2 Å². The highest BCUT2D eigenvalue weighted by molar-refractivity contribution is 6.10. The van der Waals surface area contributed by atoms with Gasteiger partial charge in [-0.2, -0.15) is 0 Å². The number of para-hydroxylation sites is 1. The van der Waals surface area contributed by atoms with Crippen LogP contribution in [0.1, 0.15) is 12.5 Å². The Morgan fingerprint density at radius 3 is 2.50 bits per heavy atom. The molecule has 0 unspecified atom stereocenters. The minimum absolute atomic E-state index is 0.118. The van der Waals surface area contributed by atoms with E-state index in [1.54, 1.807) is 18.7 Å². The van der Waals surface area contributed by atoms with E-state index in [2.05, 4.69) is 5.32 Å². The van der Waals surface area contributed by atoms with Crippen molar-refractivity contribution in [2.24, 2.45) is 7.05 Å². The van der Waals surface area contributed by atoms with Crippen LogP contribution in [0.5, 0.6) is 11.5 Å². The molecule has 34 heavy (non-hydrogen) atoms. The van der Waals surface area contributed by atoms with E-state index in [1.807, 2.05) is 79.7 Å². The van der Waals surface area contributed by atoms with Crippen LogP contribution in [0, 0.1) is 0 Å². The van der Waals surface area contributed by atoms with E-state index in [4.69, 9.17) is 13.9 Å². The zero-order valence-corrected chi connectivity index (χ0v) is 19.4. The summed E-state index contributed by atoms with van der Waals surface area (Å²) < 4.78 is 19.3. The molecule has 0 fully saturated rings. The molecule has 6 nitrogen and oxygen atoms in total. The number of hydrogen-bond donors (Lipinski definition) is 1. The van der Waals surface area contributed by atoms with Gasteiger partial charge in [0, 0.05) is 19.0 Å². The maximum Gasteiger partial charge on any atom is 0.262 e. The predicted molar refractivity (Wildman–Crippen MR) is 136 cm³/mol. The summed E-state index contributed by atoms with van der Waals surface area (Å²) in [5.41, 5.74) is 3.89. The van der Waals surface area contributed by atoms with Gasteiger partial charge in [0.25, 0.3) is 5.56 Å². The average Bonchev–Trinajstić information content (AvgIpc) is 3.27. The molecule has 0 aliphatic heterocycles. The number of methoxy groups -OCH3 is 1. The Balaban J connectivity index is 1.76. The van der Waals surface area contributed by atoms with E-state index in [-0.39, 0.29) is 5.56 Å². The molecule has 5 rings (SSSR count). The Morgan fingerprint density at radius 2 is 1.74 bits per heavy atom. The maximum absolute atomic E-state index is 13.6. The third kappa shape index (κ3) is 3.67. The molecule has 172 valence electrons. The molecule has 1 N–H and O–H groups in total. The number of benzene rings is 3. The molecule has 5 aromatic rings. The van der Waals surface area contributed by atoms with E-state index < -0.39 is 0 Å². The lowest BCUT2D eigenvalue weighted by molar-refractivity contribution is 0.311. The number of furan rings is 1. The highest BCUT2D eigenvalue weighted by atomic mass is 16.5. The smallest absolute Gasteiger partial charge is 0.262 e. The van der Waals surface area contributed by atoms with Gasteiger partial charge in [-0.3, -0.25) is 4.79 Å². The van der Waals surface area contributed by atoms with Crippen LogP contribution in [-0.4, -0.2) is 18.3 Å². The highest BCUT2D eigenvalue weighted by Gasteiger charge is 2.23. The van der Waals surface area contributed by atoms with Crippen LogP contribution < -0.4 is 20.3 Å². The van der Waals surface area contributed by atoms with Gasteiger partial charge in [0.15, 0.2) is 17.1 Å². The molecule has 6 heteroatoms. The lowest BCUT2D eigenvalue weighted by Crippen LogP contribution is -2.17. The number of nitrogens with one attached hydrogen (secondary N) is 1. The van der Waals surface area contributed by atoms with Crippen LogP contribution in [0.4, 0.5) is 5.88 Å². The second-order valence-electron chi connectivity index (χ2n) is 8.03. The van der Waals surface area contributed by atoms with Crippen LogP contribution in [-0.2, 0) is 13.6 Å². The molecular formula is C28H26N2O4. The minimum Gasteiger partial charge on any atom is -0.493 e. The van der Waals surface area contributed by atoms with Crippen LogP contribution in [0.2, 0.25) is 0 Å². The molecule has 0 bridgehead atoms. The predicted octanol–water partition coefficient (Wildman–Crippen LogP) is 5.97. The second kappa shape index (κ2) is 8.98. The summed E-state index contributed by atoms with van der Waals surface area (Å²) in [6.07, 6.45) is 0. The van der Waals surface area contributed by atoms with Crippen molar-refractivity contribution in [2.45, 2.75) is 13.5 Å². The standard InChI is InChI=1S/C28H26N2O4/c1-4-33-22-15-14-19(16-23(22)32-3)24-25-26(20-12-8-9-13-21(20)30(2)28(25)31)34-27(24)29-17-18-10-6-5-7-11-18/h5-16,29H,4,17H2,1-3H3. The highest BCUT2D eigenvalue weighted by Crippen LogP contribution is 2.42. The molecule has 0 radical (unpaired) electrons. The number of fused-ring (bicyclic) bond motifs is 3. The van der Waals surface area contributed by atoms with Crippen LogP contribution in [0.3, 0.4) is 0 Å². The van der Waals surface area contributed by atoms with Gasteiger partial charge in [-0.15, -0.1) is 0 Å². The first kappa shape index (κ1) is 21.6. The van der Waals surface area contributed by atoms with Crippen molar-refractivity contribution in [1.29, 1.82) is 0 Å². The molecule has 3 aromatic carbocycles.